The molecule has 0 aliphatic carbocycles. The van der Waals surface area contributed by atoms with Crippen molar-refractivity contribution in [1.82, 2.24) is 0 Å². The molecular formula is C5H15O3PS. The molecule has 0 aliphatic heterocycles. The third kappa shape index (κ3) is 8.66. The minimum atomic E-state index is -3.73. The molecule has 64 valence electrons. The zero-order valence-electron chi connectivity index (χ0n) is 5.82. The second kappa shape index (κ2) is 5.33. The average molecular weight is 186 g/mol. The molecule has 0 unspecified atom stereocenters. The van der Waals surface area contributed by atoms with Crippen LogP contribution in [0.5, 0.6) is 0 Å². The molecule has 0 aliphatic rings. The van der Waals surface area contributed by atoms with Crippen molar-refractivity contribution >= 4 is 20.6 Å². The summed E-state index contributed by atoms with van der Waals surface area (Å²) in [7, 11) is -3.73. The van der Waals surface area contributed by atoms with Crippen molar-refractivity contribution in [2.45, 2.75) is 19.3 Å². The van der Waals surface area contributed by atoms with E-state index in [1.165, 1.54) is 0 Å². The number of thiol groups is 1. The first-order valence-corrected chi connectivity index (χ1v) is 6.02. The molecule has 0 saturated carbocycles. The van der Waals surface area contributed by atoms with E-state index in [1.807, 2.05) is 0 Å². The van der Waals surface area contributed by atoms with Gasteiger partial charge in [-0.2, -0.15) is 0 Å². The van der Waals surface area contributed by atoms with Crippen LogP contribution in [0.25, 0.3) is 0 Å². The third-order valence-electron chi connectivity index (χ3n) is 1.17. The predicted octanol–water partition coefficient (Wildman–Crippen LogP) is 0.558. The van der Waals surface area contributed by atoms with Gasteiger partial charge in [0, 0.05) is 0 Å². The third-order valence-corrected chi connectivity index (χ3v) is 2.51. The first-order valence-electron chi connectivity index (χ1n) is 3.34. The van der Waals surface area contributed by atoms with Gasteiger partial charge in [-0.05, 0) is 0 Å². The van der Waals surface area contributed by atoms with Gasteiger partial charge in [-0.15, -0.1) is 0 Å². The fourth-order valence-electron chi connectivity index (χ4n) is 0.651. The molecular weight excluding hydrogens is 171 g/mol. The van der Waals surface area contributed by atoms with E-state index in [1.54, 1.807) is 0 Å². The summed E-state index contributed by atoms with van der Waals surface area (Å²) in [6.45, 7) is 0. The van der Waals surface area contributed by atoms with Gasteiger partial charge in [0.15, 0.2) is 0 Å². The summed E-state index contributed by atoms with van der Waals surface area (Å²) in [5.74, 6) is 0.816. The standard InChI is InChI=1S/C5H15O3PS/c6-9(7,8)4-2-1-3-5-10/h6-10H,1-5H2. The van der Waals surface area contributed by atoms with Gasteiger partial charge in [0.05, 0.1) is 0 Å². The Morgan fingerprint density at radius 3 is 2.00 bits per heavy atom. The second-order valence-corrected chi connectivity index (χ2v) is 4.80. The molecule has 3 nitrogen and oxygen atoms in total. The summed E-state index contributed by atoms with van der Waals surface area (Å²) >= 11 is 3.99. The van der Waals surface area contributed by atoms with E-state index in [-0.39, 0.29) is 6.16 Å². The molecule has 5 heteroatoms. The van der Waals surface area contributed by atoms with E-state index in [4.69, 9.17) is 14.7 Å². The Labute approximate surface area is 67.1 Å². The average Bonchev–Trinajstić information content (AvgIpc) is 1.78. The van der Waals surface area contributed by atoms with E-state index in [0.29, 0.717) is 6.42 Å². The van der Waals surface area contributed by atoms with E-state index in [0.717, 1.165) is 18.6 Å². The Morgan fingerprint density at radius 1 is 1.00 bits per heavy atom. The van der Waals surface area contributed by atoms with Crippen molar-refractivity contribution in [2.75, 3.05) is 11.9 Å². The van der Waals surface area contributed by atoms with Crippen molar-refractivity contribution in [3.8, 4) is 0 Å². The first-order chi connectivity index (χ1) is 4.56. The summed E-state index contributed by atoms with van der Waals surface area (Å²) in [5.41, 5.74) is 0. The summed E-state index contributed by atoms with van der Waals surface area (Å²) in [6.07, 6.45) is 2.70. The van der Waals surface area contributed by atoms with E-state index in [2.05, 4.69) is 12.6 Å². The Kier molecular flexibility index (Phi) is 5.68. The zero-order valence-corrected chi connectivity index (χ0v) is 7.72. The van der Waals surface area contributed by atoms with Crippen molar-refractivity contribution in [2.24, 2.45) is 0 Å². The van der Waals surface area contributed by atoms with Crippen LogP contribution in [-0.4, -0.2) is 26.6 Å². The normalized spacial score (nSPS) is 13.6. The molecule has 0 aromatic carbocycles. The molecule has 0 aromatic heterocycles. The van der Waals surface area contributed by atoms with Gasteiger partial charge in [-0.3, -0.25) is 0 Å². The van der Waals surface area contributed by atoms with Crippen LogP contribution in [0, 0.1) is 0 Å². The molecule has 0 radical (unpaired) electrons. The molecule has 0 saturated heterocycles. The van der Waals surface area contributed by atoms with E-state index in [9.17, 15) is 0 Å². The molecule has 0 fully saturated rings. The van der Waals surface area contributed by atoms with Gasteiger partial charge in [0.2, 0.25) is 0 Å². The van der Waals surface area contributed by atoms with Gasteiger partial charge in [0.25, 0.3) is 0 Å². The van der Waals surface area contributed by atoms with Crippen LogP contribution in [0.15, 0.2) is 0 Å². The molecule has 0 spiro atoms. The molecule has 0 heterocycles. The van der Waals surface area contributed by atoms with Crippen LogP contribution in [0.1, 0.15) is 19.3 Å². The van der Waals surface area contributed by atoms with E-state index < -0.39 is 7.94 Å². The van der Waals surface area contributed by atoms with Crippen LogP contribution in [0.4, 0.5) is 0 Å². The molecule has 10 heavy (non-hydrogen) atoms. The molecule has 0 amide bonds. The van der Waals surface area contributed by atoms with Crippen molar-refractivity contribution in [3.05, 3.63) is 0 Å². The van der Waals surface area contributed by atoms with Crippen LogP contribution in [-0.2, 0) is 0 Å². The zero-order chi connectivity index (χ0) is 8.04. The van der Waals surface area contributed by atoms with Gasteiger partial charge in [-0.25, -0.2) is 0 Å². The number of hydrogen-bond donors (Lipinski definition) is 4. The molecule has 0 aromatic rings. The molecule has 3 N–H and O–H groups in total. The maximum absolute atomic E-state index is 8.55. The number of rotatable bonds is 5. The summed E-state index contributed by atoms with van der Waals surface area (Å²) in [6, 6.07) is 0. The first kappa shape index (κ1) is 10.7. The quantitative estimate of drug-likeness (QED) is 0.288. The van der Waals surface area contributed by atoms with Gasteiger partial charge >= 0.3 is 66.4 Å². The fraction of sp³-hybridized carbons (Fsp3) is 1.00. The van der Waals surface area contributed by atoms with Gasteiger partial charge in [0.1, 0.15) is 0 Å². The predicted molar refractivity (Wildman–Crippen MR) is 47.5 cm³/mol. The van der Waals surface area contributed by atoms with Crippen LogP contribution in [0.2, 0.25) is 0 Å². The second-order valence-electron chi connectivity index (χ2n) is 2.31. The summed E-state index contributed by atoms with van der Waals surface area (Å²) in [5, 5.41) is 0. The van der Waals surface area contributed by atoms with Crippen molar-refractivity contribution < 1.29 is 14.7 Å². The summed E-state index contributed by atoms with van der Waals surface area (Å²) < 4.78 is 0. The maximum atomic E-state index is 8.55. The summed E-state index contributed by atoms with van der Waals surface area (Å²) in [4.78, 5) is 25.6. The Hall–Kier alpha value is 0.660. The fourth-order valence-corrected chi connectivity index (χ4v) is 1.60. The number of hydrogen-bond acceptors (Lipinski definition) is 4. The monoisotopic (exact) mass is 186 g/mol. The topological polar surface area (TPSA) is 60.7 Å². The van der Waals surface area contributed by atoms with Gasteiger partial charge < -0.3 is 0 Å². The SMILES string of the molecule is O[PH](O)(O)CCCCCS. The van der Waals surface area contributed by atoms with Crippen LogP contribution < -0.4 is 0 Å². The Balaban J connectivity index is 3.04. The molecule has 0 rings (SSSR count). The van der Waals surface area contributed by atoms with Crippen molar-refractivity contribution in [3.63, 3.8) is 0 Å². The van der Waals surface area contributed by atoms with Gasteiger partial charge in [-0.1, -0.05) is 0 Å². The minimum absolute atomic E-state index is 0.154. The number of unbranched alkanes of at least 4 members (excludes halogenated alkanes) is 2. The Morgan fingerprint density at radius 2 is 1.60 bits per heavy atom. The van der Waals surface area contributed by atoms with Crippen LogP contribution in [0.3, 0.4) is 0 Å². The van der Waals surface area contributed by atoms with Crippen LogP contribution >= 0.6 is 20.6 Å². The molecule has 0 bridgehead atoms. The van der Waals surface area contributed by atoms with Crippen molar-refractivity contribution in [1.29, 1.82) is 0 Å². The van der Waals surface area contributed by atoms with E-state index >= 15 is 0 Å². The Bertz CT molecular complexity index is 83.5. The molecule has 0 atom stereocenters.